The van der Waals surface area contributed by atoms with E-state index < -0.39 is 21.9 Å². The Labute approximate surface area is 489 Å². The van der Waals surface area contributed by atoms with Crippen LogP contribution in [0.4, 0.5) is 11.4 Å². The lowest BCUT2D eigenvalue weighted by atomic mass is 9.88. The summed E-state index contributed by atoms with van der Waals surface area (Å²) in [5, 5.41) is 0. The SMILES string of the molecule is CCOP(=O)(C[C@@H](C)c1cccc(OCC2CCN(c3cc(C)ccc3CCCC(C)(C)C)CC2)c1)OCC.C[Si](C)(C)Br.Cc1ccc(CCCC(C)(C)C)c(N2CCC(COc3cccc([C@H](C)CP(=O)(O)O)c3)CC2)c1. The minimum Gasteiger partial charge on any atom is -0.493 e. The summed E-state index contributed by atoms with van der Waals surface area (Å²) >= 11 is 3.51. The highest BCUT2D eigenvalue weighted by Gasteiger charge is 2.29. The van der Waals surface area contributed by atoms with E-state index in [4.69, 9.17) is 18.5 Å². The normalized spacial score (nSPS) is 15.9. The number of hydrogen-bond acceptors (Lipinski definition) is 8. The van der Waals surface area contributed by atoms with E-state index in [-0.39, 0.29) is 18.0 Å². The summed E-state index contributed by atoms with van der Waals surface area (Å²) in [6, 6.07) is 29.8. The number of anilines is 2. The standard InChI is InChI=1S/C33H52NO4P.C29H44NO4P.C3H9BrSi/c1-8-37-39(35,38-9-2)25-27(4)30-12-10-14-31(23-30)36-24-28-17-20-34(21-18-28)32-22-26(3)15-16-29(32)13-11-19-33(5,6)7;1-22-11-12-25(9-7-15-29(3,4)5)28(18-22)30-16-13-24(14-17-30)20-34-27-10-6-8-26(19-27)23(2)21-35(31,32)33;1-5(2,3)4/h10,12,14-16,22-23,27-28H,8-9,11,13,17-21,24-25H2,1-7H3;6,8,10-12,18-19,23-24H,7,9,13-17,20-21H2,1-5H3,(H2,31,32,33);1-3H3/t27-;23-;/m11./s1. The van der Waals surface area contributed by atoms with Crippen LogP contribution in [0.25, 0.3) is 0 Å². The molecule has 0 unspecified atom stereocenters. The van der Waals surface area contributed by atoms with Crippen LogP contribution in [0.15, 0.2) is 84.9 Å². The first-order chi connectivity index (χ1) is 36.9. The number of hydrogen-bond donors (Lipinski definition) is 2. The summed E-state index contributed by atoms with van der Waals surface area (Å²) in [5.74, 6) is 2.55. The topological polar surface area (TPSA) is 118 Å². The molecule has 2 N–H and O–H groups in total. The summed E-state index contributed by atoms with van der Waals surface area (Å²) < 4.78 is 47.8. The quantitative estimate of drug-likeness (QED) is 0.0399. The van der Waals surface area contributed by atoms with Crippen LogP contribution in [-0.4, -0.2) is 81.4 Å². The van der Waals surface area contributed by atoms with E-state index >= 15 is 0 Å². The van der Waals surface area contributed by atoms with Crippen LogP contribution in [0, 0.1) is 36.5 Å². The molecule has 444 valence electrons. The smallest absolute Gasteiger partial charge is 0.331 e. The molecule has 4 aromatic carbocycles. The molecule has 2 atom stereocenters. The second-order valence-electron chi connectivity index (χ2n) is 26.1. The number of piperidine rings is 2. The number of halogens is 1. The summed E-state index contributed by atoms with van der Waals surface area (Å²) in [4.78, 5) is 23.7. The van der Waals surface area contributed by atoms with Gasteiger partial charge in [0.25, 0.3) is 0 Å². The molecular weight excluding hydrogens is 1110 g/mol. The summed E-state index contributed by atoms with van der Waals surface area (Å²) in [5.41, 5.74) is 11.2. The second-order valence-corrected chi connectivity index (χ2v) is 41.1. The molecule has 6 rings (SSSR count). The predicted molar refractivity (Wildman–Crippen MR) is 343 cm³/mol. The van der Waals surface area contributed by atoms with Crippen molar-refractivity contribution >= 4 is 48.6 Å². The molecule has 0 amide bonds. The first kappa shape index (κ1) is 68.6. The van der Waals surface area contributed by atoms with E-state index in [1.807, 2.05) is 57.2 Å². The van der Waals surface area contributed by atoms with Crippen molar-refractivity contribution in [2.75, 3.05) is 74.7 Å². The predicted octanol–water partition coefficient (Wildman–Crippen LogP) is 18.2. The fourth-order valence-corrected chi connectivity index (χ4v) is 13.2. The van der Waals surface area contributed by atoms with Crippen LogP contribution >= 0.6 is 30.5 Å². The summed E-state index contributed by atoms with van der Waals surface area (Å²) in [6.45, 7) is 38.3. The van der Waals surface area contributed by atoms with Crippen molar-refractivity contribution < 1.29 is 37.4 Å². The van der Waals surface area contributed by atoms with Crippen molar-refractivity contribution in [1.29, 1.82) is 0 Å². The van der Waals surface area contributed by atoms with E-state index in [1.165, 1.54) is 59.3 Å². The minimum atomic E-state index is -4.04. The fraction of sp³-hybridized carbons (Fsp3) is 0.631. The lowest BCUT2D eigenvalue weighted by molar-refractivity contribution is 0.218. The van der Waals surface area contributed by atoms with Gasteiger partial charge in [-0.2, -0.15) is 0 Å². The highest BCUT2D eigenvalue weighted by Crippen LogP contribution is 2.51. The number of ether oxygens (including phenoxy) is 2. The third kappa shape index (κ3) is 27.3. The third-order valence-corrected chi connectivity index (χ3v) is 17.9. The van der Waals surface area contributed by atoms with Crippen molar-refractivity contribution in [2.24, 2.45) is 22.7 Å². The van der Waals surface area contributed by atoms with Gasteiger partial charge in [-0.3, -0.25) is 9.13 Å². The van der Waals surface area contributed by atoms with Gasteiger partial charge in [0.1, 0.15) is 18.2 Å². The monoisotopic (exact) mass is 1210 g/mol. The van der Waals surface area contributed by atoms with Crippen molar-refractivity contribution in [1.82, 2.24) is 0 Å². The second kappa shape index (κ2) is 32.2. The van der Waals surface area contributed by atoms with E-state index in [0.717, 1.165) is 93.9 Å². The molecule has 0 saturated carbocycles. The first-order valence-electron chi connectivity index (χ1n) is 29.7. The molecular formula is C65H105BrN2O8P2Si. The van der Waals surface area contributed by atoms with E-state index in [0.29, 0.717) is 48.6 Å². The van der Waals surface area contributed by atoms with Crippen LogP contribution < -0.4 is 19.3 Å². The molecule has 0 radical (unpaired) electrons. The first-order valence-corrected chi connectivity index (χ1v) is 39.0. The van der Waals surface area contributed by atoms with Crippen LogP contribution in [0.3, 0.4) is 0 Å². The van der Waals surface area contributed by atoms with Gasteiger partial charge >= 0.3 is 15.2 Å². The van der Waals surface area contributed by atoms with Gasteiger partial charge in [-0.25, -0.2) is 0 Å². The number of nitrogens with zero attached hydrogens (tertiary/aromatic N) is 2. The van der Waals surface area contributed by atoms with Gasteiger partial charge in [0.05, 0.1) is 38.8 Å². The Kier molecular flexibility index (Phi) is 28.0. The largest absolute Gasteiger partial charge is 0.493 e. The van der Waals surface area contributed by atoms with Gasteiger partial charge in [0.2, 0.25) is 0 Å². The zero-order valence-electron chi connectivity index (χ0n) is 51.5. The van der Waals surface area contributed by atoms with E-state index in [1.54, 1.807) is 0 Å². The minimum absolute atomic E-state index is 0.0487. The molecule has 2 fully saturated rings. The van der Waals surface area contributed by atoms with Crippen molar-refractivity contribution in [3.63, 3.8) is 0 Å². The maximum absolute atomic E-state index is 13.0. The zero-order chi connectivity index (χ0) is 58.6. The molecule has 0 aromatic heterocycles. The van der Waals surface area contributed by atoms with Crippen LogP contribution in [-0.2, 0) is 31.0 Å². The molecule has 0 aliphatic carbocycles. The Morgan fingerprint density at radius 1 is 0.608 bits per heavy atom. The highest BCUT2D eigenvalue weighted by molar-refractivity contribution is 9.26. The van der Waals surface area contributed by atoms with Crippen LogP contribution in [0.2, 0.25) is 19.6 Å². The highest BCUT2D eigenvalue weighted by atomic mass is 79.9. The molecule has 0 spiro atoms. The molecule has 2 aliphatic rings. The van der Waals surface area contributed by atoms with Crippen LogP contribution in [0.1, 0.15) is 166 Å². The molecule has 4 aromatic rings. The molecule has 79 heavy (non-hydrogen) atoms. The van der Waals surface area contributed by atoms with Crippen molar-refractivity contribution in [3.05, 3.63) is 118 Å². The summed E-state index contributed by atoms with van der Waals surface area (Å²) in [6.07, 6.45) is 11.9. The molecule has 0 bridgehead atoms. The average molecular weight is 1210 g/mol. The Morgan fingerprint density at radius 2 is 0.975 bits per heavy atom. The van der Waals surface area contributed by atoms with Gasteiger partial charge in [-0.05, 0) is 196 Å². The molecule has 2 saturated heterocycles. The van der Waals surface area contributed by atoms with Gasteiger partial charge in [0.15, 0.2) is 0 Å². The van der Waals surface area contributed by atoms with Crippen molar-refractivity contribution in [3.8, 4) is 11.5 Å². The Bertz CT molecular complexity index is 2500. The maximum atomic E-state index is 13.0. The van der Waals surface area contributed by atoms with Gasteiger partial charge in [0, 0.05) is 37.6 Å². The molecule has 2 aliphatic heterocycles. The summed E-state index contributed by atoms with van der Waals surface area (Å²) in [7, 11) is -7.13. The molecule has 10 nitrogen and oxygen atoms in total. The van der Waals surface area contributed by atoms with E-state index in [9.17, 15) is 18.9 Å². The molecule has 2 heterocycles. The fourth-order valence-electron chi connectivity index (χ4n) is 10.3. The van der Waals surface area contributed by atoms with Gasteiger partial charge < -0.3 is 38.1 Å². The molecule has 14 heteroatoms. The Balaban J connectivity index is 0.000000315. The number of aryl methyl sites for hydroxylation is 4. The van der Waals surface area contributed by atoms with Gasteiger partial charge in [-0.1, -0.05) is 124 Å². The van der Waals surface area contributed by atoms with E-state index in [2.05, 4.69) is 156 Å². The van der Waals surface area contributed by atoms with Gasteiger partial charge in [-0.15, -0.1) is 15.3 Å². The Morgan fingerprint density at radius 3 is 1.32 bits per heavy atom. The number of benzene rings is 4. The van der Waals surface area contributed by atoms with Crippen molar-refractivity contribution in [2.45, 2.75) is 179 Å². The maximum Gasteiger partial charge on any atom is 0.331 e. The lowest BCUT2D eigenvalue weighted by Crippen LogP contribution is -2.36. The lowest BCUT2D eigenvalue weighted by Gasteiger charge is -2.35. The zero-order valence-corrected chi connectivity index (χ0v) is 55.9. The Hall–Kier alpha value is -2.92. The van der Waals surface area contributed by atoms with Crippen LogP contribution in [0.5, 0.6) is 11.5 Å². The third-order valence-electron chi connectivity index (χ3n) is 14.6. The average Bonchev–Trinajstić information content (AvgIpc) is 3.37. The number of rotatable bonds is 24.